The Morgan fingerprint density at radius 1 is 1.20 bits per heavy atom. The first-order valence-corrected chi connectivity index (χ1v) is 12.5. The first kappa shape index (κ1) is 22.7. The Hall–Kier alpha value is -2.03. The van der Waals surface area contributed by atoms with Crippen LogP contribution in [0.15, 0.2) is 52.3 Å². The first-order chi connectivity index (χ1) is 14.4. The second-order valence-electron chi connectivity index (χ2n) is 7.33. The largest absolute Gasteiger partial charge is 0.496 e. The molecule has 1 aliphatic rings. The van der Waals surface area contributed by atoms with E-state index in [9.17, 15) is 13.2 Å². The number of nitrogens with one attached hydrogen (secondary N) is 1. The molecule has 3 rings (SSSR count). The molecule has 1 amide bonds. The molecule has 1 N–H and O–H groups in total. The molecule has 0 bridgehead atoms. The van der Waals surface area contributed by atoms with Crippen LogP contribution in [0.3, 0.4) is 0 Å². The van der Waals surface area contributed by atoms with Crippen molar-refractivity contribution in [1.82, 2.24) is 4.31 Å². The molecule has 0 aliphatic carbocycles. The number of carbonyl (C=O) groups is 1. The third-order valence-corrected chi connectivity index (χ3v) is 8.08. The molecule has 0 radical (unpaired) electrons. The van der Waals surface area contributed by atoms with Crippen LogP contribution in [0.1, 0.15) is 37.0 Å². The van der Waals surface area contributed by atoms with Gasteiger partial charge in [-0.2, -0.15) is 4.31 Å². The van der Waals surface area contributed by atoms with Gasteiger partial charge in [0.2, 0.25) is 10.0 Å². The lowest BCUT2D eigenvalue weighted by Crippen LogP contribution is -2.37. The van der Waals surface area contributed by atoms with Crippen molar-refractivity contribution < 1.29 is 17.9 Å². The Morgan fingerprint density at radius 3 is 2.57 bits per heavy atom. The quantitative estimate of drug-likeness (QED) is 0.632. The number of anilines is 1. The molecule has 0 unspecified atom stereocenters. The molecule has 0 saturated carbocycles. The number of piperidine rings is 1. The van der Waals surface area contributed by atoms with E-state index in [1.165, 1.54) is 23.5 Å². The molecule has 6 nitrogen and oxygen atoms in total. The van der Waals surface area contributed by atoms with Crippen LogP contribution in [0, 0.1) is 5.92 Å². The van der Waals surface area contributed by atoms with Crippen molar-refractivity contribution in [3.63, 3.8) is 0 Å². The summed E-state index contributed by atoms with van der Waals surface area (Å²) in [5.41, 5.74) is 0.884. The number of hydrogen-bond donors (Lipinski definition) is 1. The van der Waals surface area contributed by atoms with Gasteiger partial charge in [-0.05, 0) is 54.8 Å². The SMILES string of the molecule is CCSc1ccccc1NC(=O)c1cc(S(=O)(=O)N2CCC(C)CC2)ccc1OC. The standard InChI is InChI=1S/C22H28N2O4S2/c1-4-29-21-8-6-5-7-19(21)23-22(25)18-15-17(9-10-20(18)28-3)30(26,27)24-13-11-16(2)12-14-24/h5-10,15-16H,4,11-14H2,1-3H3,(H,23,25). The van der Waals surface area contributed by atoms with Gasteiger partial charge in [-0.15, -0.1) is 11.8 Å². The first-order valence-electron chi connectivity index (χ1n) is 10.1. The van der Waals surface area contributed by atoms with Crippen LogP contribution < -0.4 is 10.1 Å². The minimum absolute atomic E-state index is 0.110. The minimum Gasteiger partial charge on any atom is -0.496 e. The van der Waals surface area contributed by atoms with Gasteiger partial charge in [-0.3, -0.25) is 4.79 Å². The third-order valence-electron chi connectivity index (χ3n) is 5.23. The second-order valence-corrected chi connectivity index (χ2v) is 10.6. The number of benzene rings is 2. The summed E-state index contributed by atoms with van der Waals surface area (Å²) in [6.07, 6.45) is 1.68. The number of nitrogens with zero attached hydrogens (tertiary/aromatic N) is 1. The Labute approximate surface area is 183 Å². The van der Waals surface area contributed by atoms with Crippen LogP contribution in [-0.2, 0) is 10.0 Å². The zero-order valence-corrected chi connectivity index (χ0v) is 19.2. The molecule has 162 valence electrons. The highest BCUT2D eigenvalue weighted by Gasteiger charge is 2.29. The monoisotopic (exact) mass is 448 g/mol. The van der Waals surface area contributed by atoms with Crippen LogP contribution in [0.2, 0.25) is 0 Å². The van der Waals surface area contributed by atoms with Crippen molar-refractivity contribution >= 4 is 33.4 Å². The fourth-order valence-corrected chi connectivity index (χ4v) is 5.70. The molecule has 1 saturated heterocycles. The van der Waals surface area contributed by atoms with E-state index in [4.69, 9.17) is 4.74 Å². The second kappa shape index (κ2) is 9.85. The van der Waals surface area contributed by atoms with E-state index < -0.39 is 15.9 Å². The van der Waals surface area contributed by atoms with E-state index in [0.717, 1.165) is 23.5 Å². The zero-order chi connectivity index (χ0) is 21.7. The van der Waals surface area contributed by atoms with Crippen LogP contribution >= 0.6 is 11.8 Å². The summed E-state index contributed by atoms with van der Waals surface area (Å²) in [6, 6.07) is 12.0. The zero-order valence-electron chi connectivity index (χ0n) is 17.6. The highest BCUT2D eigenvalue weighted by Crippen LogP contribution is 2.30. The van der Waals surface area contributed by atoms with E-state index in [1.54, 1.807) is 17.8 Å². The summed E-state index contributed by atoms with van der Waals surface area (Å²) < 4.78 is 33.1. The molecule has 2 aromatic rings. The fraction of sp³-hybridized carbons (Fsp3) is 0.409. The van der Waals surface area contributed by atoms with Crippen molar-refractivity contribution in [1.29, 1.82) is 0 Å². The summed E-state index contributed by atoms with van der Waals surface area (Å²) in [5, 5.41) is 2.90. The van der Waals surface area contributed by atoms with E-state index in [1.807, 2.05) is 31.2 Å². The number of amides is 1. The Bertz CT molecular complexity index is 1000. The summed E-state index contributed by atoms with van der Waals surface area (Å²) >= 11 is 1.63. The summed E-state index contributed by atoms with van der Waals surface area (Å²) in [5.74, 6) is 1.33. The lowest BCUT2D eigenvalue weighted by Gasteiger charge is -2.29. The predicted molar refractivity (Wildman–Crippen MR) is 121 cm³/mol. The number of thioether (sulfide) groups is 1. The minimum atomic E-state index is -3.66. The van der Waals surface area contributed by atoms with Gasteiger partial charge in [0.1, 0.15) is 5.75 Å². The van der Waals surface area contributed by atoms with E-state index in [0.29, 0.717) is 30.4 Å². The lowest BCUT2D eigenvalue weighted by molar-refractivity contribution is 0.102. The van der Waals surface area contributed by atoms with Gasteiger partial charge in [0.15, 0.2) is 0 Å². The van der Waals surface area contributed by atoms with Crippen molar-refractivity contribution in [2.24, 2.45) is 5.92 Å². The normalized spacial score (nSPS) is 15.7. The number of para-hydroxylation sites is 1. The molecule has 2 aromatic carbocycles. The highest BCUT2D eigenvalue weighted by molar-refractivity contribution is 7.99. The molecule has 30 heavy (non-hydrogen) atoms. The maximum Gasteiger partial charge on any atom is 0.259 e. The van der Waals surface area contributed by atoms with Gasteiger partial charge in [0.25, 0.3) is 5.91 Å². The van der Waals surface area contributed by atoms with Crippen molar-refractivity contribution in [3.8, 4) is 5.75 Å². The van der Waals surface area contributed by atoms with E-state index in [-0.39, 0.29) is 10.5 Å². The van der Waals surface area contributed by atoms with Crippen LogP contribution in [-0.4, -0.2) is 44.6 Å². The van der Waals surface area contributed by atoms with E-state index in [2.05, 4.69) is 12.2 Å². The van der Waals surface area contributed by atoms with Gasteiger partial charge in [-0.25, -0.2) is 8.42 Å². The molecule has 1 fully saturated rings. The Kier molecular flexibility index (Phi) is 7.44. The summed E-state index contributed by atoms with van der Waals surface area (Å²) in [6.45, 7) is 5.17. The van der Waals surface area contributed by atoms with Crippen LogP contribution in [0.4, 0.5) is 5.69 Å². The van der Waals surface area contributed by atoms with E-state index >= 15 is 0 Å². The van der Waals surface area contributed by atoms with Gasteiger partial charge in [0, 0.05) is 18.0 Å². The van der Waals surface area contributed by atoms with Gasteiger partial charge in [0.05, 0.1) is 23.3 Å². The lowest BCUT2D eigenvalue weighted by atomic mass is 10.0. The Morgan fingerprint density at radius 2 is 1.90 bits per heavy atom. The number of sulfonamides is 1. The average Bonchev–Trinajstić information content (AvgIpc) is 2.75. The predicted octanol–water partition coefficient (Wildman–Crippen LogP) is 4.48. The van der Waals surface area contributed by atoms with Crippen molar-refractivity contribution in [2.45, 2.75) is 36.5 Å². The molecule has 1 heterocycles. The van der Waals surface area contributed by atoms with Crippen molar-refractivity contribution in [2.75, 3.05) is 31.3 Å². The molecule has 0 spiro atoms. The number of ether oxygens (including phenoxy) is 1. The molecule has 0 atom stereocenters. The molecular formula is C22H28N2O4S2. The average molecular weight is 449 g/mol. The summed E-state index contributed by atoms with van der Waals surface area (Å²) in [4.78, 5) is 14.1. The summed E-state index contributed by atoms with van der Waals surface area (Å²) in [7, 11) is -2.20. The van der Waals surface area contributed by atoms with Crippen LogP contribution in [0.25, 0.3) is 0 Å². The molecule has 1 aliphatic heterocycles. The maximum atomic E-state index is 13.1. The molecule has 0 aromatic heterocycles. The van der Waals surface area contributed by atoms with Gasteiger partial charge in [-0.1, -0.05) is 26.0 Å². The Balaban J connectivity index is 1.90. The molecule has 8 heteroatoms. The van der Waals surface area contributed by atoms with Crippen molar-refractivity contribution in [3.05, 3.63) is 48.0 Å². The number of methoxy groups -OCH3 is 1. The fourth-order valence-electron chi connectivity index (χ4n) is 3.44. The molecular weight excluding hydrogens is 420 g/mol. The van der Waals surface area contributed by atoms with Gasteiger partial charge < -0.3 is 10.1 Å². The van der Waals surface area contributed by atoms with Crippen LogP contribution in [0.5, 0.6) is 5.75 Å². The topological polar surface area (TPSA) is 75.7 Å². The number of carbonyl (C=O) groups excluding carboxylic acids is 1. The third kappa shape index (κ3) is 4.99. The highest BCUT2D eigenvalue weighted by atomic mass is 32.2. The van der Waals surface area contributed by atoms with Gasteiger partial charge >= 0.3 is 0 Å². The number of rotatable bonds is 7. The smallest absolute Gasteiger partial charge is 0.259 e. The maximum absolute atomic E-state index is 13.1. The number of hydrogen-bond acceptors (Lipinski definition) is 5.